The van der Waals surface area contributed by atoms with Gasteiger partial charge >= 0.3 is 0 Å². The Bertz CT molecular complexity index is 1080. The van der Waals surface area contributed by atoms with E-state index in [0.717, 1.165) is 28.3 Å². The molecule has 2 aromatic heterocycles. The van der Waals surface area contributed by atoms with Crippen LogP contribution in [0.15, 0.2) is 65.6 Å². The maximum atomic E-state index is 12.1. The maximum Gasteiger partial charge on any atom is 0.275 e. The highest BCUT2D eigenvalue weighted by Gasteiger charge is 2.11. The van der Waals surface area contributed by atoms with Crippen LogP contribution in [0.4, 0.5) is 5.69 Å². The summed E-state index contributed by atoms with van der Waals surface area (Å²) in [6.07, 6.45) is 2.03. The molecule has 0 aliphatic heterocycles. The lowest BCUT2D eigenvalue weighted by molar-refractivity contribution is 0.102. The predicted molar refractivity (Wildman–Crippen MR) is 109 cm³/mol. The number of carbonyl (C=O) groups is 1. The number of nitrogens with zero attached hydrogens (tertiary/aromatic N) is 3. The normalized spacial score (nSPS) is 10.7. The highest BCUT2D eigenvalue weighted by Crippen LogP contribution is 2.26. The lowest BCUT2D eigenvalue weighted by atomic mass is 10.1. The molecule has 6 heteroatoms. The summed E-state index contributed by atoms with van der Waals surface area (Å²) in [6.45, 7) is 2.08. The number of anilines is 1. The van der Waals surface area contributed by atoms with Crippen molar-refractivity contribution in [3.8, 4) is 22.6 Å². The number of thiazole rings is 1. The number of aromatic nitrogens is 3. The summed E-state index contributed by atoms with van der Waals surface area (Å²) < 4.78 is 2.01. The Balaban J connectivity index is 1.56. The Labute approximate surface area is 161 Å². The molecular formula is C21H18N4OS. The van der Waals surface area contributed by atoms with Crippen molar-refractivity contribution in [2.45, 2.75) is 6.92 Å². The number of aryl methyl sites for hydroxylation is 2. The van der Waals surface area contributed by atoms with Gasteiger partial charge in [0.1, 0.15) is 11.5 Å². The van der Waals surface area contributed by atoms with E-state index < -0.39 is 0 Å². The molecule has 134 valence electrons. The van der Waals surface area contributed by atoms with Gasteiger partial charge in [0.2, 0.25) is 0 Å². The van der Waals surface area contributed by atoms with Crippen molar-refractivity contribution in [2.75, 3.05) is 5.32 Å². The molecule has 27 heavy (non-hydrogen) atoms. The number of amides is 1. The van der Waals surface area contributed by atoms with Crippen molar-refractivity contribution >= 4 is 22.9 Å². The van der Waals surface area contributed by atoms with Crippen molar-refractivity contribution < 1.29 is 4.79 Å². The first-order valence-electron chi connectivity index (χ1n) is 8.50. The van der Waals surface area contributed by atoms with Crippen molar-refractivity contribution in [3.05, 3.63) is 76.9 Å². The van der Waals surface area contributed by atoms with Crippen LogP contribution >= 0.6 is 11.3 Å². The van der Waals surface area contributed by atoms with Gasteiger partial charge in [0, 0.05) is 35.4 Å². The van der Waals surface area contributed by atoms with Gasteiger partial charge in [-0.3, -0.25) is 4.79 Å². The van der Waals surface area contributed by atoms with Crippen LogP contribution in [0.3, 0.4) is 0 Å². The van der Waals surface area contributed by atoms with Gasteiger partial charge in [-0.1, -0.05) is 23.8 Å². The average molecular weight is 374 g/mol. The van der Waals surface area contributed by atoms with E-state index >= 15 is 0 Å². The fourth-order valence-electron chi connectivity index (χ4n) is 2.90. The lowest BCUT2D eigenvalue weighted by Crippen LogP contribution is -2.11. The zero-order valence-electron chi connectivity index (χ0n) is 15.0. The predicted octanol–water partition coefficient (Wildman–Crippen LogP) is 4.77. The molecule has 0 radical (unpaired) electrons. The van der Waals surface area contributed by atoms with Gasteiger partial charge in [-0.05, 0) is 37.3 Å². The number of nitrogens with one attached hydrogen (secondary N) is 1. The molecule has 0 aliphatic carbocycles. The van der Waals surface area contributed by atoms with Crippen molar-refractivity contribution in [2.24, 2.45) is 7.05 Å². The Morgan fingerprint density at radius 1 is 1.11 bits per heavy atom. The molecule has 1 N–H and O–H groups in total. The van der Waals surface area contributed by atoms with Gasteiger partial charge in [-0.25, -0.2) is 9.97 Å². The Hall–Kier alpha value is -3.25. The van der Waals surface area contributed by atoms with Crippen molar-refractivity contribution in [1.82, 2.24) is 14.5 Å². The van der Waals surface area contributed by atoms with Crippen LogP contribution in [0, 0.1) is 6.92 Å². The fourth-order valence-corrected chi connectivity index (χ4v) is 3.43. The minimum absolute atomic E-state index is 0.206. The largest absolute Gasteiger partial charge is 0.333 e. The van der Waals surface area contributed by atoms with Gasteiger partial charge < -0.3 is 9.88 Å². The quantitative estimate of drug-likeness (QED) is 0.560. The zero-order chi connectivity index (χ0) is 18.8. The van der Waals surface area contributed by atoms with Crippen molar-refractivity contribution in [1.29, 1.82) is 0 Å². The third-order valence-corrected chi connectivity index (χ3v) is 4.84. The molecule has 0 fully saturated rings. The molecule has 0 bridgehead atoms. The topological polar surface area (TPSA) is 59.8 Å². The van der Waals surface area contributed by atoms with Crippen LogP contribution in [0.1, 0.15) is 16.1 Å². The summed E-state index contributed by atoms with van der Waals surface area (Å²) in [5, 5.41) is 4.58. The number of hydrogen-bond acceptors (Lipinski definition) is 4. The first-order chi connectivity index (χ1) is 13.1. The monoisotopic (exact) mass is 374 g/mol. The summed E-state index contributed by atoms with van der Waals surface area (Å²) in [5.74, 6) is 0.673. The maximum absolute atomic E-state index is 12.1. The van der Waals surface area contributed by atoms with Gasteiger partial charge in [0.15, 0.2) is 0 Å². The molecule has 4 aromatic rings. The average Bonchev–Trinajstić information content (AvgIpc) is 3.32. The van der Waals surface area contributed by atoms with E-state index in [1.54, 1.807) is 10.9 Å². The van der Waals surface area contributed by atoms with E-state index in [1.807, 2.05) is 48.1 Å². The van der Waals surface area contributed by atoms with E-state index in [2.05, 4.69) is 35.4 Å². The molecule has 0 spiro atoms. The number of hydrogen-bond donors (Lipinski definition) is 1. The Kier molecular flexibility index (Phi) is 4.56. The first-order valence-corrected chi connectivity index (χ1v) is 9.45. The molecule has 0 saturated heterocycles. The SMILES string of the molecule is Cc1cccc(-c2cn(C)c(-c3ccc(NC(=O)c4cscn4)cc3)n2)c1. The smallest absolute Gasteiger partial charge is 0.275 e. The second kappa shape index (κ2) is 7.17. The number of rotatable bonds is 4. The van der Waals surface area contributed by atoms with Crippen LogP contribution in [0.5, 0.6) is 0 Å². The van der Waals surface area contributed by atoms with Gasteiger partial charge in [-0.2, -0.15) is 0 Å². The Morgan fingerprint density at radius 3 is 2.63 bits per heavy atom. The molecule has 1 amide bonds. The summed E-state index contributed by atoms with van der Waals surface area (Å²) in [4.78, 5) is 20.9. The standard InChI is InChI=1S/C21H18N4OS/c1-14-4-3-5-16(10-14)18-11-25(2)20(24-18)15-6-8-17(9-7-15)23-21(26)19-12-27-13-22-19/h3-13H,1-2H3,(H,23,26). The third-order valence-electron chi connectivity index (χ3n) is 4.26. The first kappa shape index (κ1) is 17.2. The number of carbonyl (C=O) groups excluding carboxylic acids is 1. The van der Waals surface area contributed by atoms with Crippen LogP contribution in [-0.4, -0.2) is 20.4 Å². The van der Waals surface area contributed by atoms with E-state index in [-0.39, 0.29) is 5.91 Å². The molecule has 5 nitrogen and oxygen atoms in total. The summed E-state index contributed by atoms with van der Waals surface area (Å²) in [6, 6.07) is 16.0. The minimum atomic E-state index is -0.206. The third kappa shape index (κ3) is 3.66. The highest BCUT2D eigenvalue weighted by molar-refractivity contribution is 7.07. The molecule has 0 atom stereocenters. The molecule has 0 unspecified atom stereocenters. The summed E-state index contributed by atoms with van der Waals surface area (Å²) in [7, 11) is 1.99. The molecule has 0 aliphatic rings. The fraction of sp³-hybridized carbons (Fsp3) is 0.0952. The molecular weight excluding hydrogens is 356 g/mol. The zero-order valence-corrected chi connectivity index (χ0v) is 15.8. The van der Waals surface area contributed by atoms with Gasteiger partial charge in [0.25, 0.3) is 5.91 Å². The minimum Gasteiger partial charge on any atom is -0.333 e. The van der Waals surface area contributed by atoms with E-state index in [0.29, 0.717) is 5.69 Å². The van der Waals surface area contributed by atoms with Crippen LogP contribution in [-0.2, 0) is 7.05 Å². The van der Waals surface area contributed by atoms with E-state index in [1.165, 1.54) is 16.9 Å². The molecule has 2 heterocycles. The van der Waals surface area contributed by atoms with Crippen LogP contribution in [0.25, 0.3) is 22.6 Å². The summed E-state index contributed by atoms with van der Waals surface area (Å²) in [5.41, 5.74) is 7.04. The summed E-state index contributed by atoms with van der Waals surface area (Å²) >= 11 is 1.40. The molecule has 4 rings (SSSR count). The van der Waals surface area contributed by atoms with Gasteiger partial charge in [0.05, 0.1) is 11.2 Å². The highest BCUT2D eigenvalue weighted by atomic mass is 32.1. The Morgan fingerprint density at radius 2 is 1.93 bits per heavy atom. The second-order valence-corrected chi connectivity index (χ2v) is 7.05. The van der Waals surface area contributed by atoms with E-state index in [4.69, 9.17) is 4.98 Å². The lowest BCUT2D eigenvalue weighted by Gasteiger charge is -2.05. The van der Waals surface area contributed by atoms with E-state index in [9.17, 15) is 4.79 Å². The molecule has 0 saturated carbocycles. The number of imidazole rings is 1. The van der Waals surface area contributed by atoms with Crippen molar-refractivity contribution in [3.63, 3.8) is 0 Å². The van der Waals surface area contributed by atoms with Crippen LogP contribution < -0.4 is 5.32 Å². The van der Waals surface area contributed by atoms with Crippen LogP contribution in [0.2, 0.25) is 0 Å². The second-order valence-electron chi connectivity index (χ2n) is 6.34. The van der Waals surface area contributed by atoms with Gasteiger partial charge in [-0.15, -0.1) is 11.3 Å². The number of benzene rings is 2. The molecule has 2 aromatic carbocycles.